The standard InChI is InChI=1S/C26H27N3O2/c30-26(28-31)15-14-20-10-12-21(13-11-20)18-27-17-16-22-19-29(23-6-2-1-3-7-23)25-9-5-4-8-24(22)25/h1-15,22,27,31H,16-19H2,(H,28,30)/b15-14+. The topological polar surface area (TPSA) is 64.6 Å². The third-order valence-electron chi connectivity index (χ3n) is 5.65. The summed E-state index contributed by atoms with van der Waals surface area (Å²) in [5, 5.41) is 12.1. The molecule has 5 heteroatoms. The lowest BCUT2D eigenvalue weighted by molar-refractivity contribution is -0.124. The predicted molar refractivity (Wildman–Crippen MR) is 124 cm³/mol. The normalized spacial score (nSPS) is 15.3. The van der Waals surface area contributed by atoms with Crippen LogP contribution in [0, 0.1) is 0 Å². The number of hydroxylamine groups is 1. The first-order valence-corrected chi connectivity index (χ1v) is 10.6. The molecule has 5 nitrogen and oxygen atoms in total. The van der Waals surface area contributed by atoms with Crippen LogP contribution in [0.3, 0.4) is 0 Å². The van der Waals surface area contributed by atoms with Gasteiger partial charge in [0.05, 0.1) is 0 Å². The number of rotatable bonds is 8. The van der Waals surface area contributed by atoms with Gasteiger partial charge in [-0.25, -0.2) is 5.48 Å². The third kappa shape index (κ3) is 5.20. The Balaban J connectivity index is 1.30. The maximum absolute atomic E-state index is 11.1. The van der Waals surface area contributed by atoms with Crippen LogP contribution in [0.15, 0.2) is 84.9 Å². The summed E-state index contributed by atoms with van der Waals surface area (Å²) in [6.07, 6.45) is 4.04. The molecular formula is C26H27N3O2. The lowest BCUT2D eigenvalue weighted by Crippen LogP contribution is -2.20. The number of carbonyl (C=O) groups is 1. The molecule has 0 spiro atoms. The molecule has 0 fully saturated rings. The van der Waals surface area contributed by atoms with Crippen molar-refractivity contribution in [1.29, 1.82) is 0 Å². The Hall–Kier alpha value is -3.41. The van der Waals surface area contributed by atoms with Gasteiger partial charge in [-0.1, -0.05) is 60.7 Å². The first-order chi connectivity index (χ1) is 15.2. The van der Waals surface area contributed by atoms with Crippen LogP contribution in [-0.2, 0) is 11.3 Å². The Labute approximate surface area is 183 Å². The smallest absolute Gasteiger partial charge is 0.267 e. The zero-order valence-electron chi connectivity index (χ0n) is 17.4. The van der Waals surface area contributed by atoms with Crippen LogP contribution in [0.25, 0.3) is 6.08 Å². The van der Waals surface area contributed by atoms with Crippen molar-refractivity contribution in [3.63, 3.8) is 0 Å². The van der Waals surface area contributed by atoms with E-state index in [1.165, 1.54) is 28.6 Å². The number of amides is 1. The van der Waals surface area contributed by atoms with Gasteiger partial charge in [0.2, 0.25) is 0 Å². The van der Waals surface area contributed by atoms with Crippen molar-refractivity contribution in [2.75, 3.05) is 18.0 Å². The van der Waals surface area contributed by atoms with Gasteiger partial charge in [-0.05, 0) is 53.9 Å². The van der Waals surface area contributed by atoms with Gasteiger partial charge < -0.3 is 10.2 Å². The molecule has 1 heterocycles. The quantitative estimate of drug-likeness (QED) is 0.218. The minimum absolute atomic E-state index is 0.508. The molecule has 0 radical (unpaired) electrons. The van der Waals surface area contributed by atoms with E-state index in [1.807, 2.05) is 24.3 Å². The van der Waals surface area contributed by atoms with E-state index in [0.717, 1.165) is 31.6 Å². The molecule has 4 rings (SSSR count). The number of para-hydroxylation sites is 2. The second-order valence-corrected chi connectivity index (χ2v) is 7.72. The fourth-order valence-corrected chi connectivity index (χ4v) is 4.06. The Morgan fingerprint density at radius 2 is 1.74 bits per heavy atom. The number of nitrogens with one attached hydrogen (secondary N) is 2. The highest BCUT2D eigenvalue weighted by molar-refractivity contribution is 5.90. The Bertz CT molecular complexity index is 1030. The fraction of sp³-hybridized carbons (Fsp3) is 0.192. The monoisotopic (exact) mass is 413 g/mol. The van der Waals surface area contributed by atoms with E-state index in [2.05, 4.69) is 64.8 Å². The lowest BCUT2D eigenvalue weighted by atomic mass is 9.98. The first kappa shape index (κ1) is 20.8. The van der Waals surface area contributed by atoms with Gasteiger partial charge in [-0.3, -0.25) is 10.0 Å². The molecule has 1 amide bonds. The van der Waals surface area contributed by atoms with Crippen LogP contribution < -0.4 is 15.7 Å². The molecule has 0 aromatic heterocycles. The number of nitrogens with zero attached hydrogens (tertiary/aromatic N) is 1. The van der Waals surface area contributed by atoms with Crippen LogP contribution in [0.1, 0.15) is 29.0 Å². The summed E-state index contributed by atoms with van der Waals surface area (Å²) in [5.41, 5.74) is 7.68. The van der Waals surface area contributed by atoms with E-state index in [0.29, 0.717) is 5.92 Å². The molecule has 0 saturated heterocycles. The number of anilines is 2. The molecule has 1 aliphatic rings. The van der Waals surface area contributed by atoms with Gasteiger partial charge in [0.1, 0.15) is 0 Å². The van der Waals surface area contributed by atoms with Gasteiger partial charge in [0.25, 0.3) is 5.91 Å². The number of benzene rings is 3. The number of hydrogen-bond acceptors (Lipinski definition) is 4. The van der Waals surface area contributed by atoms with E-state index in [4.69, 9.17) is 5.21 Å². The molecule has 0 saturated carbocycles. The fourth-order valence-electron chi connectivity index (χ4n) is 4.06. The minimum atomic E-state index is -0.537. The van der Waals surface area contributed by atoms with Crippen molar-refractivity contribution in [3.8, 4) is 0 Å². The second-order valence-electron chi connectivity index (χ2n) is 7.72. The summed E-state index contributed by atoms with van der Waals surface area (Å²) in [6.45, 7) is 2.76. The number of fused-ring (bicyclic) bond motifs is 1. The van der Waals surface area contributed by atoms with Crippen LogP contribution in [0.2, 0.25) is 0 Å². The predicted octanol–water partition coefficient (Wildman–Crippen LogP) is 4.62. The van der Waals surface area contributed by atoms with Crippen molar-refractivity contribution in [3.05, 3.63) is 102 Å². The van der Waals surface area contributed by atoms with Crippen LogP contribution >= 0.6 is 0 Å². The zero-order valence-corrected chi connectivity index (χ0v) is 17.4. The van der Waals surface area contributed by atoms with Gasteiger partial charge >= 0.3 is 0 Å². The van der Waals surface area contributed by atoms with Gasteiger partial charge in [-0.2, -0.15) is 0 Å². The minimum Gasteiger partial charge on any atom is -0.341 e. The lowest BCUT2D eigenvalue weighted by Gasteiger charge is -2.20. The molecule has 1 atom stereocenters. The molecule has 0 aliphatic carbocycles. The van der Waals surface area contributed by atoms with E-state index in [1.54, 1.807) is 11.6 Å². The van der Waals surface area contributed by atoms with Crippen molar-refractivity contribution < 1.29 is 10.0 Å². The second kappa shape index (κ2) is 10.1. The van der Waals surface area contributed by atoms with Crippen LogP contribution in [0.4, 0.5) is 11.4 Å². The molecule has 31 heavy (non-hydrogen) atoms. The first-order valence-electron chi connectivity index (χ1n) is 10.6. The highest BCUT2D eigenvalue weighted by Crippen LogP contribution is 2.41. The summed E-state index contributed by atoms with van der Waals surface area (Å²) in [5.74, 6) is -0.0286. The average Bonchev–Trinajstić information content (AvgIpc) is 3.20. The molecule has 1 aliphatic heterocycles. The highest BCUT2D eigenvalue weighted by atomic mass is 16.5. The van der Waals surface area contributed by atoms with E-state index >= 15 is 0 Å². The number of carbonyl (C=O) groups excluding carboxylic acids is 1. The SMILES string of the molecule is O=C(/C=C/c1ccc(CNCCC2CN(c3ccccc3)c3ccccc32)cc1)NO. The third-order valence-corrected chi connectivity index (χ3v) is 5.65. The molecular weight excluding hydrogens is 386 g/mol. The largest absolute Gasteiger partial charge is 0.341 e. The van der Waals surface area contributed by atoms with Crippen LogP contribution in [0.5, 0.6) is 0 Å². The maximum Gasteiger partial charge on any atom is 0.267 e. The molecule has 3 aromatic carbocycles. The summed E-state index contributed by atoms with van der Waals surface area (Å²) < 4.78 is 0. The summed E-state index contributed by atoms with van der Waals surface area (Å²) in [6, 6.07) is 27.3. The summed E-state index contributed by atoms with van der Waals surface area (Å²) in [7, 11) is 0. The Kier molecular flexibility index (Phi) is 6.77. The van der Waals surface area contributed by atoms with Gasteiger partial charge in [0.15, 0.2) is 0 Å². The molecule has 3 aromatic rings. The zero-order chi connectivity index (χ0) is 21.5. The molecule has 3 N–H and O–H groups in total. The van der Waals surface area contributed by atoms with Crippen LogP contribution in [-0.4, -0.2) is 24.2 Å². The Morgan fingerprint density at radius 3 is 2.52 bits per heavy atom. The van der Waals surface area contributed by atoms with Gasteiger partial charge in [-0.15, -0.1) is 0 Å². The van der Waals surface area contributed by atoms with Crippen molar-refractivity contribution in [2.24, 2.45) is 0 Å². The molecule has 158 valence electrons. The van der Waals surface area contributed by atoms with E-state index in [9.17, 15) is 4.79 Å². The Morgan fingerprint density at radius 1 is 1.00 bits per heavy atom. The average molecular weight is 414 g/mol. The van der Waals surface area contributed by atoms with E-state index in [-0.39, 0.29) is 0 Å². The van der Waals surface area contributed by atoms with E-state index < -0.39 is 5.91 Å². The number of hydrogen-bond donors (Lipinski definition) is 3. The molecule has 0 bridgehead atoms. The van der Waals surface area contributed by atoms with Crippen molar-refractivity contribution >= 4 is 23.4 Å². The van der Waals surface area contributed by atoms with Gasteiger partial charge in [0, 0.05) is 36.5 Å². The summed E-state index contributed by atoms with van der Waals surface area (Å²) >= 11 is 0. The molecule has 1 unspecified atom stereocenters. The maximum atomic E-state index is 11.1. The van der Waals surface area contributed by atoms with Crippen molar-refractivity contribution in [2.45, 2.75) is 18.9 Å². The van der Waals surface area contributed by atoms with Crippen molar-refractivity contribution in [1.82, 2.24) is 10.8 Å². The summed E-state index contributed by atoms with van der Waals surface area (Å²) in [4.78, 5) is 13.5. The highest BCUT2D eigenvalue weighted by Gasteiger charge is 2.28.